The van der Waals surface area contributed by atoms with Gasteiger partial charge in [-0.25, -0.2) is 4.98 Å². The number of para-hydroxylation sites is 2. The number of benzene rings is 2. The van der Waals surface area contributed by atoms with Gasteiger partial charge in [-0.3, -0.25) is 0 Å². The van der Waals surface area contributed by atoms with Crippen molar-refractivity contribution in [3.8, 4) is 5.75 Å². The molecule has 102 valence electrons. The Kier molecular flexibility index (Phi) is 3.54. The summed E-state index contributed by atoms with van der Waals surface area (Å²) in [5, 5.41) is 0. The second-order valence-electron chi connectivity index (χ2n) is 4.70. The van der Waals surface area contributed by atoms with Crippen molar-refractivity contribution in [2.75, 3.05) is 12.3 Å². The van der Waals surface area contributed by atoms with Gasteiger partial charge in [0.2, 0.25) is 0 Å². The third-order valence-electron chi connectivity index (χ3n) is 3.20. The maximum Gasteiger partial charge on any atom is 0.121 e. The molecule has 1 aromatic heterocycles. The van der Waals surface area contributed by atoms with Crippen LogP contribution in [0.5, 0.6) is 5.75 Å². The Morgan fingerprint density at radius 1 is 1.10 bits per heavy atom. The summed E-state index contributed by atoms with van der Waals surface area (Å²) in [5.41, 5.74) is 8.63. The summed E-state index contributed by atoms with van der Waals surface area (Å²) in [7, 11) is 0. The van der Waals surface area contributed by atoms with Crippen LogP contribution < -0.4 is 10.5 Å². The van der Waals surface area contributed by atoms with Crippen molar-refractivity contribution in [1.82, 2.24) is 9.55 Å². The van der Waals surface area contributed by atoms with Crippen LogP contribution in [0.3, 0.4) is 0 Å². The minimum atomic E-state index is 0.663. The van der Waals surface area contributed by atoms with Gasteiger partial charge >= 0.3 is 0 Å². The molecule has 0 fully saturated rings. The molecule has 0 aliphatic heterocycles. The number of imidazole rings is 1. The summed E-state index contributed by atoms with van der Waals surface area (Å²) in [6.07, 6.45) is 2.81. The molecule has 0 unspecified atom stereocenters. The van der Waals surface area contributed by atoms with Crippen LogP contribution in [-0.2, 0) is 6.54 Å². The maximum absolute atomic E-state index is 5.71. The van der Waals surface area contributed by atoms with E-state index in [9.17, 15) is 0 Å². The van der Waals surface area contributed by atoms with Crippen molar-refractivity contribution < 1.29 is 4.74 Å². The van der Waals surface area contributed by atoms with E-state index in [1.807, 2.05) is 48.8 Å². The van der Waals surface area contributed by atoms with Gasteiger partial charge in [0.25, 0.3) is 0 Å². The highest BCUT2D eigenvalue weighted by Crippen LogP contribution is 2.15. The molecular weight excluding hydrogens is 250 g/mol. The van der Waals surface area contributed by atoms with Crippen molar-refractivity contribution >= 4 is 16.7 Å². The summed E-state index contributed by atoms with van der Waals surface area (Å²) in [6.45, 7) is 1.55. The number of ether oxygens (including phenoxy) is 1. The Balaban J connectivity index is 1.55. The van der Waals surface area contributed by atoms with Crippen LogP contribution in [-0.4, -0.2) is 16.2 Å². The average molecular weight is 267 g/mol. The molecule has 4 heteroatoms. The van der Waals surface area contributed by atoms with Gasteiger partial charge < -0.3 is 15.0 Å². The Bertz CT molecular complexity index is 706. The number of hydrogen-bond donors (Lipinski definition) is 1. The fourth-order valence-corrected chi connectivity index (χ4v) is 2.22. The monoisotopic (exact) mass is 267 g/mol. The molecule has 1 heterocycles. The first kappa shape index (κ1) is 12.5. The molecular formula is C16H17N3O. The Labute approximate surface area is 117 Å². The molecule has 3 rings (SSSR count). The number of nitrogen functional groups attached to an aromatic ring is 1. The van der Waals surface area contributed by atoms with Crippen LogP contribution in [0.15, 0.2) is 54.9 Å². The highest BCUT2D eigenvalue weighted by molar-refractivity contribution is 5.74. The lowest BCUT2D eigenvalue weighted by molar-refractivity contribution is 0.302. The van der Waals surface area contributed by atoms with Crippen LogP contribution in [0.1, 0.15) is 6.42 Å². The van der Waals surface area contributed by atoms with E-state index in [4.69, 9.17) is 10.5 Å². The fourth-order valence-electron chi connectivity index (χ4n) is 2.22. The summed E-state index contributed by atoms with van der Waals surface area (Å²) in [4.78, 5) is 4.37. The molecule has 20 heavy (non-hydrogen) atoms. The number of hydrogen-bond acceptors (Lipinski definition) is 3. The van der Waals surface area contributed by atoms with E-state index in [1.54, 1.807) is 0 Å². The zero-order chi connectivity index (χ0) is 13.8. The molecule has 2 aromatic carbocycles. The lowest BCUT2D eigenvalue weighted by Crippen LogP contribution is -2.03. The van der Waals surface area contributed by atoms with Gasteiger partial charge in [0.05, 0.1) is 24.0 Å². The topological polar surface area (TPSA) is 53.1 Å². The molecule has 0 spiro atoms. The van der Waals surface area contributed by atoms with E-state index in [-0.39, 0.29) is 0 Å². The molecule has 0 saturated heterocycles. The molecule has 3 aromatic rings. The predicted molar refractivity (Wildman–Crippen MR) is 80.7 cm³/mol. The first-order valence-electron chi connectivity index (χ1n) is 6.71. The minimum Gasteiger partial charge on any atom is -0.493 e. The van der Waals surface area contributed by atoms with Gasteiger partial charge in [0.15, 0.2) is 0 Å². The Morgan fingerprint density at radius 3 is 2.90 bits per heavy atom. The number of fused-ring (bicyclic) bond motifs is 1. The number of nitrogens with zero attached hydrogens (tertiary/aromatic N) is 2. The predicted octanol–water partition coefficient (Wildman–Crippen LogP) is 3.09. The van der Waals surface area contributed by atoms with E-state index >= 15 is 0 Å². The van der Waals surface area contributed by atoms with Crippen LogP contribution >= 0.6 is 0 Å². The molecule has 0 aliphatic carbocycles. The van der Waals surface area contributed by atoms with Gasteiger partial charge in [-0.15, -0.1) is 0 Å². The lowest BCUT2D eigenvalue weighted by atomic mass is 10.3. The van der Waals surface area contributed by atoms with Crippen molar-refractivity contribution in [3.63, 3.8) is 0 Å². The highest BCUT2D eigenvalue weighted by atomic mass is 16.5. The molecule has 0 saturated carbocycles. The van der Waals surface area contributed by atoms with E-state index < -0.39 is 0 Å². The number of aryl methyl sites for hydroxylation is 1. The summed E-state index contributed by atoms with van der Waals surface area (Å²) in [5.74, 6) is 0.820. The van der Waals surface area contributed by atoms with Crippen LogP contribution in [0.4, 0.5) is 5.69 Å². The van der Waals surface area contributed by atoms with Gasteiger partial charge in [0.1, 0.15) is 5.75 Å². The molecule has 4 nitrogen and oxygen atoms in total. The van der Waals surface area contributed by atoms with E-state index in [0.717, 1.165) is 35.4 Å². The van der Waals surface area contributed by atoms with Gasteiger partial charge in [-0.2, -0.15) is 0 Å². The van der Waals surface area contributed by atoms with Crippen LogP contribution in [0.2, 0.25) is 0 Å². The second kappa shape index (κ2) is 5.65. The zero-order valence-corrected chi connectivity index (χ0v) is 11.2. The SMILES string of the molecule is Nc1cccc(OCCCn2cnc3ccccc32)c1. The first-order chi connectivity index (χ1) is 9.83. The quantitative estimate of drug-likeness (QED) is 0.571. The largest absolute Gasteiger partial charge is 0.493 e. The number of aromatic nitrogens is 2. The van der Waals surface area contributed by atoms with Crippen molar-refractivity contribution in [2.45, 2.75) is 13.0 Å². The molecule has 0 aliphatic rings. The molecule has 0 amide bonds. The first-order valence-corrected chi connectivity index (χ1v) is 6.71. The molecule has 2 N–H and O–H groups in total. The van der Waals surface area contributed by atoms with E-state index in [2.05, 4.69) is 15.6 Å². The van der Waals surface area contributed by atoms with E-state index in [1.165, 1.54) is 0 Å². The summed E-state index contributed by atoms with van der Waals surface area (Å²) >= 11 is 0. The third kappa shape index (κ3) is 2.74. The number of anilines is 1. The molecule has 0 atom stereocenters. The smallest absolute Gasteiger partial charge is 0.121 e. The number of nitrogens with two attached hydrogens (primary N) is 1. The molecule has 0 bridgehead atoms. The summed E-state index contributed by atoms with van der Waals surface area (Å²) in [6, 6.07) is 15.6. The van der Waals surface area contributed by atoms with Crippen molar-refractivity contribution in [1.29, 1.82) is 0 Å². The fraction of sp³-hybridized carbons (Fsp3) is 0.188. The third-order valence-corrected chi connectivity index (χ3v) is 3.20. The zero-order valence-electron chi connectivity index (χ0n) is 11.2. The van der Waals surface area contributed by atoms with Crippen LogP contribution in [0, 0.1) is 0 Å². The van der Waals surface area contributed by atoms with Crippen molar-refractivity contribution in [2.24, 2.45) is 0 Å². The van der Waals surface area contributed by atoms with Crippen LogP contribution in [0.25, 0.3) is 11.0 Å². The van der Waals surface area contributed by atoms with Crippen molar-refractivity contribution in [3.05, 3.63) is 54.9 Å². The Morgan fingerprint density at radius 2 is 2.00 bits per heavy atom. The minimum absolute atomic E-state index is 0.663. The number of rotatable bonds is 5. The lowest BCUT2D eigenvalue weighted by Gasteiger charge is -2.07. The average Bonchev–Trinajstić information content (AvgIpc) is 2.87. The Hall–Kier alpha value is -2.49. The van der Waals surface area contributed by atoms with E-state index in [0.29, 0.717) is 6.61 Å². The normalized spacial score (nSPS) is 10.8. The van der Waals surface area contributed by atoms with Gasteiger partial charge in [-0.1, -0.05) is 18.2 Å². The maximum atomic E-state index is 5.71. The highest BCUT2D eigenvalue weighted by Gasteiger charge is 2.01. The molecule has 0 radical (unpaired) electrons. The van der Waals surface area contributed by atoms with Gasteiger partial charge in [-0.05, 0) is 30.7 Å². The second-order valence-corrected chi connectivity index (χ2v) is 4.70. The standard InChI is InChI=1S/C16H17N3O/c17-13-5-3-6-14(11-13)20-10-4-9-19-12-18-15-7-1-2-8-16(15)19/h1-3,5-8,11-12H,4,9-10,17H2. The summed E-state index contributed by atoms with van der Waals surface area (Å²) < 4.78 is 7.83. The van der Waals surface area contributed by atoms with Gasteiger partial charge in [0, 0.05) is 18.3 Å².